The van der Waals surface area contributed by atoms with E-state index in [2.05, 4.69) is 148 Å². The molecule has 0 fully saturated rings. The summed E-state index contributed by atoms with van der Waals surface area (Å²) in [5, 5.41) is 0. The van der Waals surface area contributed by atoms with Crippen LogP contribution in [0.2, 0.25) is 0 Å². The SMILES string of the molecule is CC/C=C\C/C=C\C/C=C\C/C=C\C/C=C\C/C=C\C/C=C\C/C=C\CCCCCCCCCCCCCCC(=O)OC(COC(=O)CCCCC/C=C\C/C=C\C/C=C\CC)COP(=O)([O-])OCC[N+](C)(C)C. The minimum atomic E-state index is -4.65. The third-order valence-electron chi connectivity index (χ3n) is 11.7. The van der Waals surface area contributed by atoms with Gasteiger partial charge in [0.15, 0.2) is 6.10 Å². The van der Waals surface area contributed by atoms with Crippen molar-refractivity contribution < 1.29 is 42.1 Å². The van der Waals surface area contributed by atoms with Gasteiger partial charge < -0.3 is 27.9 Å². The normalized spacial score (nSPS) is 14.3. The first-order chi connectivity index (χ1) is 36.0. The fraction of sp³-hybridized carbons (Fsp3) is 0.625. The van der Waals surface area contributed by atoms with Gasteiger partial charge >= 0.3 is 11.9 Å². The maximum atomic E-state index is 12.8. The second-order valence-electron chi connectivity index (χ2n) is 19.9. The fourth-order valence-corrected chi connectivity index (χ4v) is 8.00. The van der Waals surface area contributed by atoms with Crippen LogP contribution in [0, 0.1) is 0 Å². The summed E-state index contributed by atoms with van der Waals surface area (Å²) in [4.78, 5) is 37.7. The van der Waals surface area contributed by atoms with Crippen LogP contribution in [0.25, 0.3) is 0 Å². The van der Waals surface area contributed by atoms with Crippen LogP contribution in [-0.4, -0.2) is 70.0 Å². The summed E-state index contributed by atoms with van der Waals surface area (Å²) in [6.45, 7) is 3.95. The number of phosphoric acid groups is 1. The first kappa shape index (κ1) is 70.1. The Kier molecular flexibility index (Phi) is 51.2. The number of nitrogens with zero attached hydrogens (tertiary/aromatic N) is 1. The Hall–Kier alpha value is -3.85. The van der Waals surface area contributed by atoms with Gasteiger partial charge in [-0.15, -0.1) is 0 Å². The Morgan fingerprint density at radius 1 is 0.419 bits per heavy atom. The van der Waals surface area contributed by atoms with Crippen LogP contribution in [0.5, 0.6) is 0 Å². The molecule has 0 N–H and O–H groups in total. The van der Waals surface area contributed by atoms with Gasteiger partial charge in [-0.05, 0) is 109 Å². The molecule has 0 spiro atoms. The molecule has 0 heterocycles. The van der Waals surface area contributed by atoms with Gasteiger partial charge in [0.05, 0.1) is 27.7 Å². The topological polar surface area (TPSA) is 111 Å². The van der Waals surface area contributed by atoms with Crippen molar-refractivity contribution in [1.29, 1.82) is 0 Å². The number of ether oxygens (including phenoxy) is 2. The molecule has 0 aromatic carbocycles. The van der Waals surface area contributed by atoms with Crippen molar-refractivity contribution in [3.05, 3.63) is 134 Å². The molecule has 0 bridgehead atoms. The molecule has 0 radical (unpaired) electrons. The molecule has 10 heteroatoms. The Morgan fingerprint density at radius 3 is 1.09 bits per heavy atom. The van der Waals surface area contributed by atoms with Crippen LogP contribution in [0.15, 0.2) is 134 Å². The van der Waals surface area contributed by atoms with E-state index in [4.69, 9.17) is 18.5 Å². The smallest absolute Gasteiger partial charge is 0.306 e. The minimum absolute atomic E-state index is 0.0423. The maximum Gasteiger partial charge on any atom is 0.306 e. The van der Waals surface area contributed by atoms with Crippen LogP contribution >= 0.6 is 7.82 Å². The van der Waals surface area contributed by atoms with E-state index in [1.54, 1.807) is 0 Å². The standard InChI is InChI=1S/C64H106NO8P/c1-6-8-10-12-14-16-18-20-21-22-23-24-25-26-27-28-29-30-31-32-33-34-35-36-37-38-39-40-41-42-43-45-47-49-51-53-55-57-64(67)73-62(61-72-74(68,69)71-59-58-65(3,4)5)60-70-63(66)56-54-52-50-48-46-44-19-17-15-13-11-9-7-2/h8-11,14-17,20-21,23-24,26-27,29-30,32-33,35-36,44,46,62H,6-7,12-13,18-19,22,25,28,31,34,37-43,45,47-61H2,1-5H3/b10-8-,11-9-,16-14-,17-15-,21-20-,24-23-,27-26-,30-29-,33-32-,36-35-,46-44-. The van der Waals surface area contributed by atoms with Gasteiger partial charge in [-0.2, -0.15) is 0 Å². The molecule has 9 nitrogen and oxygen atoms in total. The Labute approximate surface area is 453 Å². The highest BCUT2D eigenvalue weighted by Crippen LogP contribution is 2.38. The van der Waals surface area contributed by atoms with Crippen molar-refractivity contribution in [2.75, 3.05) is 47.5 Å². The van der Waals surface area contributed by atoms with Crippen LogP contribution in [0.4, 0.5) is 0 Å². The summed E-state index contributed by atoms with van der Waals surface area (Å²) < 4.78 is 34.0. The van der Waals surface area contributed by atoms with Crippen molar-refractivity contribution in [1.82, 2.24) is 0 Å². The van der Waals surface area contributed by atoms with E-state index < -0.39 is 32.5 Å². The highest BCUT2D eigenvalue weighted by atomic mass is 31.2. The summed E-state index contributed by atoms with van der Waals surface area (Å²) in [5.41, 5.74) is 0. The van der Waals surface area contributed by atoms with E-state index in [0.717, 1.165) is 116 Å². The number of hydrogen-bond acceptors (Lipinski definition) is 8. The first-order valence-corrected chi connectivity index (χ1v) is 30.4. The number of carbonyl (C=O) groups excluding carboxylic acids is 2. The number of carbonyl (C=O) groups is 2. The lowest BCUT2D eigenvalue weighted by Crippen LogP contribution is -2.37. The van der Waals surface area contributed by atoms with Gasteiger partial charge in [-0.25, -0.2) is 0 Å². The number of phosphoric ester groups is 1. The molecule has 0 saturated carbocycles. The van der Waals surface area contributed by atoms with Crippen molar-refractivity contribution in [2.24, 2.45) is 0 Å². The van der Waals surface area contributed by atoms with Crippen molar-refractivity contribution in [3.8, 4) is 0 Å². The number of hydrogen-bond donors (Lipinski definition) is 0. The van der Waals surface area contributed by atoms with Gasteiger partial charge in [-0.1, -0.05) is 218 Å². The Balaban J connectivity index is 4.10. The summed E-state index contributed by atoms with van der Waals surface area (Å²) in [6.07, 6.45) is 78.0. The summed E-state index contributed by atoms with van der Waals surface area (Å²) >= 11 is 0. The number of likely N-dealkylation sites (N-methyl/N-ethyl adjacent to an activating group) is 1. The zero-order valence-corrected chi connectivity index (χ0v) is 48.4. The number of esters is 2. The van der Waals surface area contributed by atoms with Crippen LogP contribution in [0.3, 0.4) is 0 Å². The number of quaternary nitrogens is 1. The van der Waals surface area contributed by atoms with Gasteiger partial charge in [0, 0.05) is 12.8 Å². The molecule has 0 aromatic rings. The zero-order valence-electron chi connectivity index (χ0n) is 47.5. The Bertz CT molecular complexity index is 1710. The molecule has 0 aromatic heterocycles. The summed E-state index contributed by atoms with van der Waals surface area (Å²) in [6, 6.07) is 0. The van der Waals surface area contributed by atoms with Gasteiger partial charge in [-0.3, -0.25) is 14.2 Å². The van der Waals surface area contributed by atoms with Gasteiger partial charge in [0.1, 0.15) is 19.8 Å². The molecule has 0 rings (SSSR count). The summed E-state index contributed by atoms with van der Waals surface area (Å²) in [7, 11) is 1.13. The molecule has 0 amide bonds. The third-order valence-corrected chi connectivity index (χ3v) is 12.6. The molecule has 420 valence electrons. The Morgan fingerprint density at radius 2 is 0.730 bits per heavy atom. The quantitative estimate of drug-likeness (QED) is 0.0195. The van der Waals surface area contributed by atoms with Crippen molar-refractivity contribution in [3.63, 3.8) is 0 Å². The predicted octanol–water partition coefficient (Wildman–Crippen LogP) is 17.5. The lowest BCUT2D eigenvalue weighted by atomic mass is 10.0. The summed E-state index contributed by atoms with van der Waals surface area (Å²) in [5.74, 6) is -0.879. The highest BCUT2D eigenvalue weighted by molar-refractivity contribution is 7.45. The second kappa shape index (κ2) is 54.0. The number of unbranched alkanes of at least 4 members (excludes halogenated alkanes) is 15. The zero-order chi connectivity index (χ0) is 54.2. The van der Waals surface area contributed by atoms with E-state index in [1.807, 2.05) is 21.1 Å². The van der Waals surface area contributed by atoms with E-state index >= 15 is 0 Å². The van der Waals surface area contributed by atoms with Crippen molar-refractivity contribution in [2.45, 2.75) is 213 Å². The van der Waals surface area contributed by atoms with E-state index in [-0.39, 0.29) is 26.1 Å². The van der Waals surface area contributed by atoms with Gasteiger partial charge in [0.2, 0.25) is 0 Å². The van der Waals surface area contributed by atoms with Crippen LogP contribution in [-0.2, 0) is 32.7 Å². The molecular formula is C64H106NO8P. The third kappa shape index (κ3) is 57.4. The molecule has 0 aliphatic rings. The molecular weight excluding hydrogens is 942 g/mol. The van der Waals surface area contributed by atoms with Crippen LogP contribution < -0.4 is 4.89 Å². The van der Waals surface area contributed by atoms with E-state index in [0.29, 0.717) is 23.9 Å². The number of rotatable bonds is 51. The molecule has 2 atom stereocenters. The maximum absolute atomic E-state index is 12.8. The monoisotopic (exact) mass is 1050 g/mol. The molecule has 74 heavy (non-hydrogen) atoms. The lowest BCUT2D eigenvalue weighted by Gasteiger charge is -2.28. The number of allylic oxidation sites excluding steroid dienone is 22. The average molecular weight is 1050 g/mol. The van der Waals surface area contributed by atoms with Crippen LogP contribution in [0.1, 0.15) is 206 Å². The lowest BCUT2D eigenvalue weighted by molar-refractivity contribution is -0.870. The van der Waals surface area contributed by atoms with Gasteiger partial charge in [0.25, 0.3) is 7.82 Å². The average Bonchev–Trinajstić information content (AvgIpc) is 3.36. The first-order valence-electron chi connectivity index (χ1n) is 28.9. The predicted molar refractivity (Wildman–Crippen MR) is 314 cm³/mol. The second-order valence-corrected chi connectivity index (χ2v) is 21.3. The molecule has 0 aliphatic carbocycles. The fourth-order valence-electron chi connectivity index (χ4n) is 7.27. The molecule has 0 saturated heterocycles. The molecule has 0 aliphatic heterocycles. The van der Waals surface area contributed by atoms with Crippen molar-refractivity contribution >= 4 is 19.8 Å². The largest absolute Gasteiger partial charge is 0.756 e. The van der Waals surface area contributed by atoms with E-state index in [9.17, 15) is 19.0 Å². The minimum Gasteiger partial charge on any atom is -0.756 e. The van der Waals surface area contributed by atoms with E-state index in [1.165, 1.54) is 51.4 Å². The molecule has 2 unspecified atom stereocenters. The highest BCUT2D eigenvalue weighted by Gasteiger charge is 2.21.